The van der Waals surface area contributed by atoms with E-state index in [-0.39, 0.29) is 5.91 Å². The van der Waals surface area contributed by atoms with Gasteiger partial charge in [-0.05, 0) is 28.4 Å². The number of nitrogens with one attached hydrogen (secondary N) is 1. The van der Waals surface area contributed by atoms with Crippen LogP contribution in [-0.2, 0) is 17.9 Å². The fraction of sp³-hybridized carbons (Fsp3) is 0.250. The predicted molar refractivity (Wildman–Crippen MR) is 93.5 cm³/mol. The van der Waals surface area contributed by atoms with Crippen LogP contribution in [0.15, 0.2) is 47.5 Å². The molecule has 0 saturated heterocycles. The maximum atomic E-state index is 11.9. The van der Waals surface area contributed by atoms with Gasteiger partial charge in [-0.1, -0.05) is 29.8 Å². The number of rotatable bonds is 6. The second-order valence-corrected chi connectivity index (χ2v) is 6.39. The lowest BCUT2D eigenvalue weighted by Gasteiger charge is -2.03. The highest BCUT2D eigenvalue weighted by Gasteiger charge is 2.07. The van der Waals surface area contributed by atoms with Gasteiger partial charge in [0, 0.05) is 19.2 Å². The lowest BCUT2D eigenvalue weighted by molar-refractivity contribution is -0.116. The van der Waals surface area contributed by atoms with E-state index in [2.05, 4.69) is 67.6 Å². The second-order valence-electron chi connectivity index (χ2n) is 5.47. The summed E-state index contributed by atoms with van der Waals surface area (Å²) in [6.45, 7) is 3.17. The number of carbonyl (C=O) groups is 1. The van der Waals surface area contributed by atoms with Gasteiger partial charge < -0.3 is 0 Å². The molecular weight excluding hydrogens is 372 g/mol. The summed E-state index contributed by atoms with van der Waals surface area (Å²) in [5.74, 6) is 0.170. The third-order valence-electron chi connectivity index (χ3n) is 3.42. The van der Waals surface area contributed by atoms with Crippen LogP contribution in [0.1, 0.15) is 17.5 Å². The molecule has 0 atom stereocenters. The average molecular weight is 389 g/mol. The molecule has 0 spiro atoms. The molecular formula is C16H17BrN6O. The van der Waals surface area contributed by atoms with Crippen LogP contribution in [0, 0.1) is 6.92 Å². The number of nitrogens with zero attached hydrogens (tertiary/aromatic N) is 5. The van der Waals surface area contributed by atoms with Crippen LogP contribution < -0.4 is 5.32 Å². The summed E-state index contributed by atoms with van der Waals surface area (Å²) in [6, 6.07) is 8.22. The Kier molecular flexibility index (Phi) is 5.05. The molecule has 0 aliphatic rings. The third-order valence-corrected chi connectivity index (χ3v) is 3.83. The number of carbonyl (C=O) groups excluding carboxylic acids is 1. The first-order chi connectivity index (χ1) is 11.6. The van der Waals surface area contributed by atoms with Crippen molar-refractivity contribution in [2.75, 3.05) is 5.32 Å². The van der Waals surface area contributed by atoms with Gasteiger partial charge in [-0.2, -0.15) is 5.10 Å². The molecule has 3 aromatic rings. The lowest BCUT2D eigenvalue weighted by atomic mass is 10.1. The van der Waals surface area contributed by atoms with Crippen LogP contribution in [0.25, 0.3) is 0 Å². The lowest BCUT2D eigenvalue weighted by Crippen LogP contribution is -2.16. The Morgan fingerprint density at radius 3 is 2.75 bits per heavy atom. The predicted octanol–water partition coefficient (Wildman–Crippen LogP) is 2.62. The van der Waals surface area contributed by atoms with Crippen LogP contribution in [0.2, 0.25) is 0 Å². The zero-order valence-electron chi connectivity index (χ0n) is 13.2. The highest BCUT2D eigenvalue weighted by Crippen LogP contribution is 2.08. The van der Waals surface area contributed by atoms with E-state index >= 15 is 0 Å². The molecule has 2 heterocycles. The number of aromatic nitrogens is 5. The normalized spacial score (nSPS) is 10.8. The average Bonchev–Trinajstić information content (AvgIpc) is 3.17. The van der Waals surface area contributed by atoms with Crippen molar-refractivity contribution in [3.63, 3.8) is 0 Å². The van der Waals surface area contributed by atoms with Gasteiger partial charge in [0.1, 0.15) is 6.33 Å². The van der Waals surface area contributed by atoms with Crippen molar-refractivity contribution in [3.8, 4) is 0 Å². The van der Waals surface area contributed by atoms with Gasteiger partial charge in [-0.3, -0.25) is 14.8 Å². The smallest absolute Gasteiger partial charge is 0.248 e. The number of aryl methyl sites for hydroxylation is 2. The van der Waals surface area contributed by atoms with Crippen molar-refractivity contribution in [2.24, 2.45) is 0 Å². The molecule has 0 bridgehead atoms. The van der Waals surface area contributed by atoms with E-state index < -0.39 is 0 Å². The summed E-state index contributed by atoms with van der Waals surface area (Å²) in [5.41, 5.74) is 2.35. The summed E-state index contributed by atoms with van der Waals surface area (Å²) in [6.07, 6.45) is 5.43. The number of halogens is 1. The van der Waals surface area contributed by atoms with E-state index in [0.29, 0.717) is 25.5 Å². The largest absolute Gasteiger partial charge is 0.293 e. The van der Waals surface area contributed by atoms with Crippen molar-refractivity contribution in [1.82, 2.24) is 24.5 Å². The molecule has 0 fully saturated rings. The van der Waals surface area contributed by atoms with Gasteiger partial charge in [0.05, 0.1) is 17.2 Å². The number of anilines is 1. The maximum absolute atomic E-state index is 11.9. The Hall–Kier alpha value is -2.48. The Bertz CT molecular complexity index is 823. The molecule has 0 unspecified atom stereocenters. The fourth-order valence-electron chi connectivity index (χ4n) is 2.17. The Morgan fingerprint density at radius 2 is 2.04 bits per heavy atom. The zero-order valence-corrected chi connectivity index (χ0v) is 14.8. The molecule has 8 heteroatoms. The Morgan fingerprint density at radius 1 is 1.25 bits per heavy atom. The minimum Gasteiger partial charge on any atom is -0.293 e. The number of hydrogen-bond donors (Lipinski definition) is 1. The van der Waals surface area contributed by atoms with Crippen molar-refractivity contribution in [2.45, 2.75) is 26.4 Å². The third kappa shape index (κ3) is 4.51. The first-order valence-electron chi connectivity index (χ1n) is 7.51. The molecule has 3 rings (SSSR count). The van der Waals surface area contributed by atoms with Gasteiger partial charge in [0.15, 0.2) is 0 Å². The van der Waals surface area contributed by atoms with Crippen molar-refractivity contribution >= 4 is 27.8 Å². The van der Waals surface area contributed by atoms with E-state index in [0.717, 1.165) is 10.0 Å². The minimum absolute atomic E-state index is 0.144. The summed E-state index contributed by atoms with van der Waals surface area (Å²) in [5, 5.41) is 11.1. The Balaban J connectivity index is 1.51. The van der Waals surface area contributed by atoms with Gasteiger partial charge >= 0.3 is 0 Å². The fourth-order valence-corrected chi connectivity index (χ4v) is 2.50. The molecule has 1 N–H and O–H groups in total. The SMILES string of the molecule is Cc1ccc(Cn2cnc(NC(=O)CCn3cc(Br)cn3)n2)cc1. The molecule has 0 saturated carbocycles. The minimum atomic E-state index is -0.144. The summed E-state index contributed by atoms with van der Waals surface area (Å²) in [4.78, 5) is 16.1. The summed E-state index contributed by atoms with van der Waals surface area (Å²) in [7, 11) is 0. The van der Waals surface area contributed by atoms with Crippen LogP contribution in [-0.4, -0.2) is 30.5 Å². The van der Waals surface area contributed by atoms with E-state index in [1.165, 1.54) is 5.56 Å². The highest BCUT2D eigenvalue weighted by atomic mass is 79.9. The molecule has 0 aliphatic heterocycles. The molecule has 1 aromatic carbocycles. The van der Waals surface area contributed by atoms with E-state index in [4.69, 9.17) is 0 Å². The highest BCUT2D eigenvalue weighted by molar-refractivity contribution is 9.10. The van der Waals surface area contributed by atoms with Crippen LogP contribution in [0.3, 0.4) is 0 Å². The standard InChI is InChI=1S/C16H17BrN6O/c1-12-2-4-13(5-3-12)9-23-11-18-16(21-23)20-15(24)6-7-22-10-14(17)8-19-22/h2-5,8,10-11H,6-7,9H2,1H3,(H,20,21,24). The van der Waals surface area contributed by atoms with Crippen LogP contribution in [0.5, 0.6) is 0 Å². The molecule has 124 valence electrons. The molecule has 2 aromatic heterocycles. The molecule has 0 radical (unpaired) electrons. The van der Waals surface area contributed by atoms with E-state index in [9.17, 15) is 4.79 Å². The molecule has 1 amide bonds. The second kappa shape index (κ2) is 7.39. The van der Waals surface area contributed by atoms with Gasteiger partial charge in [-0.15, -0.1) is 5.10 Å². The topological polar surface area (TPSA) is 77.6 Å². The van der Waals surface area contributed by atoms with Gasteiger partial charge in [-0.25, -0.2) is 9.67 Å². The van der Waals surface area contributed by atoms with Crippen LogP contribution >= 0.6 is 15.9 Å². The van der Waals surface area contributed by atoms with E-state index in [1.807, 2.05) is 6.20 Å². The monoisotopic (exact) mass is 388 g/mol. The van der Waals surface area contributed by atoms with Gasteiger partial charge in [0.2, 0.25) is 11.9 Å². The number of amides is 1. The van der Waals surface area contributed by atoms with E-state index in [1.54, 1.807) is 21.9 Å². The number of hydrogen-bond acceptors (Lipinski definition) is 4. The molecule has 24 heavy (non-hydrogen) atoms. The molecule has 7 nitrogen and oxygen atoms in total. The Labute approximate surface area is 147 Å². The number of benzene rings is 1. The molecule has 0 aliphatic carbocycles. The zero-order chi connectivity index (χ0) is 16.9. The van der Waals surface area contributed by atoms with Crippen molar-refractivity contribution in [3.05, 3.63) is 58.6 Å². The summed E-state index contributed by atoms with van der Waals surface area (Å²) < 4.78 is 4.29. The maximum Gasteiger partial charge on any atom is 0.248 e. The van der Waals surface area contributed by atoms with Crippen LogP contribution in [0.4, 0.5) is 5.95 Å². The van der Waals surface area contributed by atoms with Crippen molar-refractivity contribution < 1.29 is 4.79 Å². The quantitative estimate of drug-likeness (QED) is 0.703. The van der Waals surface area contributed by atoms with Crippen molar-refractivity contribution in [1.29, 1.82) is 0 Å². The van der Waals surface area contributed by atoms with Gasteiger partial charge in [0.25, 0.3) is 0 Å². The first kappa shape index (κ1) is 16.4. The summed E-state index contributed by atoms with van der Waals surface area (Å²) >= 11 is 3.32. The first-order valence-corrected chi connectivity index (χ1v) is 8.30.